The van der Waals surface area contributed by atoms with Gasteiger partial charge in [0.1, 0.15) is 0 Å². The molecular weight excluding hydrogens is 372 g/mol. The van der Waals surface area contributed by atoms with Gasteiger partial charge in [0, 0.05) is 23.6 Å². The number of thioether (sulfide) groups is 1. The first-order valence-corrected chi connectivity index (χ1v) is 10.1. The maximum Gasteiger partial charge on any atom is 0.191 e. The van der Waals surface area contributed by atoms with Gasteiger partial charge in [-0.25, -0.2) is 9.97 Å². The predicted molar refractivity (Wildman–Crippen MR) is 112 cm³/mol. The molecule has 28 heavy (non-hydrogen) atoms. The second-order valence-corrected chi connectivity index (χ2v) is 7.46. The summed E-state index contributed by atoms with van der Waals surface area (Å²) in [6, 6.07) is 12.3. The summed E-state index contributed by atoms with van der Waals surface area (Å²) in [7, 11) is 3.25. The second kappa shape index (κ2) is 7.67. The minimum absolute atomic E-state index is 0.650. The highest BCUT2D eigenvalue weighted by molar-refractivity contribution is 7.98. The molecule has 2 aromatic carbocycles. The van der Waals surface area contributed by atoms with Crippen LogP contribution in [0.25, 0.3) is 16.6 Å². The van der Waals surface area contributed by atoms with Crippen LogP contribution in [0.4, 0.5) is 0 Å². The molecule has 0 radical (unpaired) electrons. The number of aryl methyl sites for hydroxylation is 2. The Bertz CT molecular complexity index is 1160. The van der Waals surface area contributed by atoms with E-state index in [-0.39, 0.29) is 0 Å². The molecule has 0 aliphatic rings. The van der Waals surface area contributed by atoms with Crippen LogP contribution in [0.1, 0.15) is 23.9 Å². The lowest BCUT2D eigenvalue weighted by atomic mass is 10.2. The largest absolute Gasteiger partial charge is 0.493 e. The third-order valence-corrected chi connectivity index (χ3v) is 5.56. The number of methoxy groups -OCH3 is 2. The van der Waals surface area contributed by atoms with Gasteiger partial charge in [0.05, 0.1) is 19.7 Å². The van der Waals surface area contributed by atoms with Gasteiger partial charge in [0.2, 0.25) is 0 Å². The number of hydrogen-bond acceptors (Lipinski definition) is 6. The molecule has 0 N–H and O–H groups in total. The molecule has 2 aromatic heterocycles. The average molecular weight is 395 g/mol. The molecule has 4 rings (SSSR count). The van der Waals surface area contributed by atoms with Crippen molar-refractivity contribution in [3.63, 3.8) is 0 Å². The van der Waals surface area contributed by atoms with Crippen molar-refractivity contribution in [3.8, 4) is 11.5 Å². The van der Waals surface area contributed by atoms with E-state index in [9.17, 15) is 0 Å². The highest BCUT2D eigenvalue weighted by atomic mass is 32.2. The quantitative estimate of drug-likeness (QED) is 0.355. The van der Waals surface area contributed by atoms with E-state index in [1.165, 1.54) is 11.1 Å². The van der Waals surface area contributed by atoms with E-state index in [1.807, 2.05) is 23.6 Å². The number of hydrogen-bond donors (Lipinski definition) is 0. The number of rotatable bonds is 6. The molecule has 0 bridgehead atoms. The van der Waals surface area contributed by atoms with Crippen LogP contribution in [0.15, 0.2) is 41.6 Å². The highest BCUT2D eigenvalue weighted by Gasteiger charge is 2.16. The Balaban J connectivity index is 1.85. The topological polar surface area (TPSA) is 61.5 Å². The van der Waals surface area contributed by atoms with Crippen molar-refractivity contribution in [1.29, 1.82) is 0 Å². The zero-order chi connectivity index (χ0) is 19.7. The normalized spacial score (nSPS) is 11.3. The standard InChI is InChI=1S/C21H22N4O2S/c1-5-19-23-20-15-10-17(26-3)18(27-4)11-16(15)22-21(25(20)24-19)28-12-14-8-6-7-13(2)9-14/h6-11H,5,12H2,1-4H3. The molecule has 0 unspecified atom stereocenters. The summed E-state index contributed by atoms with van der Waals surface area (Å²) in [5.74, 6) is 2.90. The molecule has 2 heterocycles. The first kappa shape index (κ1) is 18.6. The molecule has 6 nitrogen and oxygen atoms in total. The summed E-state index contributed by atoms with van der Waals surface area (Å²) in [6.45, 7) is 4.15. The van der Waals surface area contributed by atoms with Crippen LogP contribution >= 0.6 is 11.8 Å². The summed E-state index contributed by atoms with van der Waals surface area (Å²) < 4.78 is 12.7. The van der Waals surface area contributed by atoms with Crippen molar-refractivity contribution >= 4 is 28.3 Å². The van der Waals surface area contributed by atoms with Crippen LogP contribution < -0.4 is 9.47 Å². The van der Waals surface area contributed by atoms with Crippen molar-refractivity contribution in [2.75, 3.05) is 14.2 Å². The van der Waals surface area contributed by atoms with Gasteiger partial charge in [-0.1, -0.05) is 48.5 Å². The Morgan fingerprint density at radius 1 is 1.04 bits per heavy atom. The van der Waals surface area contributed by atoms with E-state index >= 15 is 0 Å². The Labute approximate surface area is 167 Å². The van der Waals surface area contributed by atoms with Crippen LogP contribution in [-0.4, -0.2) is 33.8 Å². The highest BCUT2D eigenvalue weighted by Crippen LogP contribution is 2.34. The fourth-order valence-electron chi connectivity index (χ4n) is 3.15. The van der Waals surface area contributed by atoms with Crippen molar-refractivity contribution in [1.82, 2.24) is 19.6 Å². The van der Waals surface area contributed by atoms with E-state index in [1.54, 1.807) is 26.0 Å². The average Bonchev–Trinajstić information content (AvgIpc) is 3.16. The van der Waals surface area contributed by atoms with E-state index in [4.69, 9.17) is 19.4 Å². The molecule has 0 saturated heterocycles. The molecule has 0 aliphatic heterocycles. The fraction of sp³-hybridized carbons (Fsp3) is 0.286. The molecule has 7 heteroatoms. The van der Waals surface area contributed by atoms with Crippen LogP contribution in [0.3, 0.4) is 0 Å². The minimum atomic E-state index is 0.650. The van der Waals surface area contributed by atoms with Gasteiger partial charge in [0.15, 0.2) is 28.1 Å². The van der Waals surface area contributed by atoms with Gasteiger partial charge in [-0.05, 0) is 18.6 Å². The second-order valence-electron chi connectivity index (χ2n) is 6.51. The van der Waals surface area contributed by atoms with Crippen LogP contribution in [0, 0.1) is 6.92 Å². The Morgan fingerprint density at radius 3 is 2.54 bits per heavy atom. The van der Waals surface area contributed by atoms with Crippen molar-refractivity contribution in [2.24, 2.45) is 0 Å². The number of aromatic nitrogens is 4. The van der Waals surface area contributed by atoms with Gasteiger partial charge in [-0.2, -0.15) is 4.52 Å². The molecule has 0 aliphatic carbocycles. The van der Waals surface area contributed by atoms with Crippen LogP contribution in [0.5, 0.6) is 11.5 Å². The fourth-order valence-corrected chi connectivity index (χ4v) is 4.03. The van der Waals surface area contributed by atoms with Crippen LogP contribution in [0.2, 0.25) is 0 Å². The lowest BCUT2D eigenvalue weighted by molar-refractivity contribution is 0.355. The molecule has 144 valence electrons. The van der Waals surface area contributed by atoms with Gasteiger partial charge in [-0.3, -0.25) is 0 Å². The zero-order valence-corrected chi connectivity index (χ0v) is 17.2. The van der Waals surface area contributed by atoms with E-state index in [0.29, 0.717) is 11.5 Å². The third-order valence-electron chi connectivity index (χ3n) is 4.56. The minimum Gasteiger partial charge on any atom is -0.493 e. The van der Waals surface area contributed by atoms with E-state index in [0.717, 1.165) is 39.7 Å². The Hall–Kier alpha value is -2.80. The first-order valence-electron chi connectivity index (χ1n) is 9.12. The monoisotopic (exact) mass is 394 g/mol. The van der Waals surface area contributed by atoms with Crippen molar-refractivity contribution in [2.45, 2.75) is 31.2 Å². The number of fused-ring (bicyclic) bond motifs is 3. The van der Waals surface area contributed by atoms with Gasteiger partial charge in [-0.15, -0.1) is 5.10 Å². The third kappa shape index (κ3) is 3.38. The smallest absolute Gasteiger partial charge is 0.191 e. The summed E-state index contributed by atoms with van der Waals surface area (Å²) in [5.41, 5.74) is 4.10. The lowest BCUT2D eigenvalue weighted by Crippen LogP contribution is -2.00. The van der Waals surface area contributed by atoms with Crippen LogP contribution in [-0.2, 0) is 12.2 Å². The number of benzene rings is 2. The maximum atomic E-state index is 5.46. The predicted octanol–water partition coefficient (Wildman–Crippen LogP) is 4.46. The Kier molecular flexibility index (Phi) is 5.09. The Morgan fingerprint density at radius 2 is 1.82 bits per heavy atom. The summed E-state index contributed by atoms with van der Waals surface area (Å²) >= 11 is 1.65. The summed E-state index contributed by atoms with van der Waals surface area (Å²) in [5, 5.41) is 6.36. The molecule has 0 spiro atoms. The number of ether oxygens (including phenoxy) is 2. The van der Waals surface area contributed by atoms with Gasteiger partial charge in [0.25, 0.3) is 0 Å². The molecule has 4 aromatic rings. The number of nitrogens with zero attached hydrogens (tertiary/aromatic N) is 4. The molecule has 0 fully saturated rings. The molecule has 0 saturated carbocycles. The molecule has 0 amide bonds. The maximum absolute atomic E-state index is 5.46. The SMILES string of the molecule is CCc1nc2c3cc(OC)c(OC)cc3nc(SCc3cccc(C)c3)n2n1. The lowest BCUT2D eigenvalue weighted by Gasteiger charge is -2.11. The van der Waals surface area contributed by atoms with Crippen molar-refractivity contribution < 1.29 is 9.47 Å². The van der Waals surface area contributed by atoms with Crippen molar-refractivity contribution in [3.05, 3.63) is 53.3 Å². The van der Waals surface area contributed by atoms with E-state index in [2.05, 4.69) is 36.3 Å². The summed E-state index contributed by atoms with van der Waals surface area (Å²) in [4.78, 5) is 9.58. The zero-order valence-electron chi connectivity index (χ0n) is 16.4. The summed E-state index contributed by atoms with van der Waals surface area (Å²) in [6.07, 6.45) is 0.762. The molecular formula is C21H22N4O2S. The first-order chi connectivity index (χ1) is 13.6. The van der Waals surface area contributed by atoms with Gasteiger partial charge < -0.3 is 9.47 Å². The van der Waals surface area contributed by atoms with E-state index < -0.39 is 0 Å². The molecule has 0 atom stereocenters. The van der Waals surface area contributed by atoms with Gasteiger partial charge >= 0.3 is 0 Å².